The zero-order valence-electron chi connectivity index (χ0n) is 9.25. The van der Waals surface area contributed by atoms with Gasteiger partial charge in [0.05, 0.1) is 6.04 Å². The number of benzene rings is 1. The summed E-state index contributed by atoms with van der Waals surface area (Å²) < 4.78 is 5.17. The minimum atomic E-state index is -1.05. The van der Waals surface area contributed by atoms with Crippen LogP contribution in [0.2, 0.25) is 0 Å². The standard InChI is InChI=1S/C11H13N3O3/c1-13-10(9(12)11(15)16)6-2-3-7-8(4-6)17-5-14-7/h2-5,9-10,13H,12H2,1H3,(H,15,16). The molecule has 0 fully saturated rings. The van der Waals surface area contributed by atoms with Crippen LogP contribution in [0.3, 0.4) is 0 Å². The predicted octanol–water partition coefficient (Wildman–Crippen LogP) is 0.500. The molecule has 2 unspecified atom stereocenters. The van der Waals surface area contributed by atoms with Crippen LogP contribution in [0.25, 0.3) is 11.1 Å². The first-order chi connectivity index (χ1) is 8.13. The first-order valence-electron chi connectivity index (χ1n) is 5.12. The maximum absolute atomic E-state index is 10.9. The molecule has 0 saturated heterocycles. The second kappa shape index (κ2) is 4.52. The molecule has 0 aliphatic carbocycles. The Balaban J connectivity index is 2.38. The molecule has 4 N–H and O–H groups in total. The predicted molar refractivity (Wildman–Crippen MR) is 61.4 cm³/mol. The number of carbonyl (C=O) groups is 1. The fourth-order valence-corrected chi connectivity index (χ4v) is 1.76. The molecule has 0 aliphatic rings. The van der Waals surface area contributed by atoms with Crippen LogP contribution < -0.4 is 11.1 Å². The molecule has 90 valence electrons. The molecular weight excluding hydrogens is 222 g/mol. The number of carboxylic acids is 1. The molecule has 2 rings (SSSR count). The van der Waals surface area contributed by atoms with Gasteiger partial charge in [0.1, 0.15) is 11.6 Å². The topological polar surface area (TPSA) is 101 Å². The van der Waals surface area contributed by atoms with Gasteiger partial charge in [0.15, 0.2) is 12.0 Å². The van der Waals surface area contributed by atoms with Gasteiger partial charge in [-0.1, -0.05) is 6.07 Å². The summed E-state index contributed by atoms with van der Waals surface area (Å²) in [5.41, 5.74) is 7.71. The number of aromatic nitrogens is 1. The number of aliphatic carboxylic acids is 1. The molecule has 1 aromatic carbocycles. The van der Waals surface area contributed by atoms with Gasteiger partial charge in [-0.15, -0.1) is 0 Å². The lowest BCUT2D eigenvalue weighted by atomic mass is 10.00. The molecule has 2 atom stereocenters. The first kappa shape index (κ1) is 11.6. The van der Waals surface area contributed by atoms with E-state index >= 15 is 0 Å². The van der Waals surface area contributed by atoms with Crippen LogP contribution in [0.15, 0.2) is 29.0 Å². The van der Waals surface area contributed by atoms with E-state index in [1.54, 1.807) is 25.2 Å². The smallest absolute Gasteiger partial charge is 0.322 e. The van der Waals surface area contributed by atoms with Crippen LogP contribution in [-0.2, 0) is 4.79 Å². The van der Waals surface area contributed by atoms with Gasteiger partial charge in [-0.2, -0.15) is 0 Å². The Morgan fingerprint density at radius 3 is 3.00 bits per heavy atom. The second-order valence-electron chi connectivity index (χ2n) is 3.71. The van der Waals surface area contributed by atoms with Crippen molar-refractivity contribution in [2.45, 2.75) is 12.1 Å². The van der Waals surface area contributed by atoms with E-state index in [2.05, 4.69) is 10.3 Å². The van der Waals surface area contributed by atoms with Gasteiger partial charge >= 0.3 is 5.97 Å². The largest absolute Gasteiger partial charge is 0.480 e. The van der Waals surface area contributed by atoms with Crippen molar-refractivity contribution in [1.29, 1.82) is 0 Å². The molecule has 0 spiro atoms. The van der Waals surface area contributed by atoms with Crippen molar-refractivity contribution in [3.05, 3.63) is 30.2 Å². The average Bonchev–Trinajstić information content (AvgIpc) is 2.77. The quantitative estimate of drug-likeness (QED) is 0.713. The number of likely N-dealkylation sites (N-methyl/N-ethyl adjacent to an activating group) is 1. The summed E-state index contributed by atoms with van der Waals surface area (Å²) in [5.74, 6) is -1.05. The third-order valence-corrected chi connectivity index (χ3v) is 2.67. The van der Waals surface area contributed by atoms with Crippen LogP contribution in [0, 0.1) is 0 Å². The molecule has 0 bridgehead atoms. The monoisotopic (exact) mass is 235 g/mol. The minimum Gasteiger partial charge on any atom is -0.480 e. The van der Waals surface area contributed by atoms with E-state index in [0.717, 1.165) is 11.1 Å². The molecule has 0 radical (unpaired) electrons. The zero-order chi connectivity index (χ0) is 12.4. The number of nitrogens with zero attached hydrogens (tertiary/aromatic N) is 1. The lowest BCUT2D eigenvalue weighted by Crippen LogP contribution is -2.42. The molecule has 1 aromatic heterocycles. The van der Waals surface area contributed by atoms with Gasteiger partial charge in [-0.25, -0.2) is 4.98 Å². The van der Waals surface area contributed by atoms with Gasteiger partial charge in [0, 0.05) is 0 Å². The van der Waals surface area contributed by atoms with Crippen molar-refractivity contribution in [2.75, 3.05) is 7.05 Å². The highest BCUT2D eigenvalue weighted by Gasteiger charge is 2.24. The Bertz CT molecular complexity index is 537. The van der Waals surface area contributed by atoms with Crippen LogP contribution in [0.1, 0.15) is 11.6 Å². The molecule has 0 aliphatic heterocycles. The molecule has 0 saturated carbocycles. The summed E-state index contributed by atoms with van der Waals surface area (Å²) in [4.78, 5) is 14.9. The lowest BCUT2D eigenvalue weighted by Gasteiger charge is -2.20. The highest BCUT2D eigenvalue weighted by Crippen LogP contribution is 2.21. The Morgan fingerprint density at radius 2 is 2.35 bits per heavy atom. The minimum absolute atomic E-state index is 0.470. The Hall–Kier alpha value is -1.92. The molecule has 6 nitrogen and oxygen atoms in total. The second-order valence-corrected chi connectivity index (χ2v) is 3.71. The summed E-state index contributed by atoms with van der Waals surface area (Å²) in [6.07, 6.45) is 1.35. The summed E-state index contributed by atoms with van der Waals surface area (Å²) in [6.45, 7) is 0. The fourth-order valence-electron chi connectivity index (χ4n) is 1.76. The molecule has 2 aromatic rings. The summed E-state index contributed by atoms with van der Waals surface area (Å²) in [5, 5.41) is 11.8. The van der Waals surface area contributed by atoms with E-state index in [1.165, 1.54) is 6.39 Å². The first-order valence-corrected chi connectivity index (χ1v) is 5.12. The number of nitrogens with two attached hydrogens (primary N) is 1. The Kier molecular flexibility index (Phi) is 3.08. The number of rotatable bonds is 4. The van der Waals surface area contributed by atoms with Crippen molar-refractivity contribution in [3.8, 4) is 0 Å². The number of oxazole rings is 1. The van der Waals surface area contributed by atoms with Crippen molar-refractivity contribution in [2.24, 2.45) is 5.73 Å². The molecule has 1 heterocycles. The van der Waals surface area contributed by atoms with Crippen molar-refractivity contribution >= 4 is 17.1 Å². The number of hydrogen-bond donors (Lipinski definition) is 3. The molecular formula is C11H13N3O3. The maximum atomic E-state index is 10.9. The molecule has 6 heteroatoms. The third kappa shape index (κ3) is 2.13. The van der Waals surface area contributed by atoms with Gasteiger partial charge in [0.25, 0.3) is 0 Å². The van der Waals surface area contributed by atoms with Crippen molar-refractivity contribution in [1.82, 2.24) is 10.3 Å². The van der Waals surface area contributed by atoms with Crippen molar-refractivity contribution < 1.29 is 14.3 Å². The summed E-state index contributed by atoms with van der Waals surface area (Å²) >= 11 is 0. The van der Waals surface area contributed by atoms with E-state index in [-0.39, 0.29) is 0 Å². The Morgan fingerprint density at radius 1 is 1.59 bits per heavy atom. The highest BCUT2D eigenvalue weighted by molar-refractivity contribution is 5.76. The number of fused-ring (bicyclic) bond motifs is 1. The highest BCUT2D eigenvalue weighted by atomic mass is 16.4. The number of carboxylic acid groups (broad SMARTS) is 1. The Labute approximate surface area is 97.4 Å². The van der Waals surface area contributed by atoms with Crippen LogP contribution in [0.4, 0.5) is 0 Å². The van der Waals surface area contributed by atoms with E-state index in [4.69, 9.17) is 15.3 Å². The van der Waals surface area contributed by atoms with Gasteiger partial charge in [0.2, 0.25) is 0 Å². The van der Waals surface area contributed by atoms with E-state index < -0.39 is 18.1 Å². The maximum Gasteiger partial charge on any atom is 0.322 e. The number of nitrogens with one attached hydrogen (secondary N) is 1. The van der Waals surface area contributed by atoms with Gasteiger partial charge < -0.3 is 20.6 Å². The summed E-state index contributed by atoms with van der Waals surface area (Å²) in [6, 6.07) is 3.82. The van der Waals surface area contributed by atoms with E-state index in [1.807, 2.05) is 0 Å². The number of hydrogen-bond acceptors (Lipinski definition) is 5. The van der Waals surface area contributed by atoms with E-state index in [9.17, 15) is 4.79 Å². The van der Waals surface area contributed by atoms with Crippen LogP contribution in [-0.4, -0.2) is 29.1 Å². The van der Waals surface area contributed by atoms with E-state index in [0.29, 0.717) is 5.58 Å². The average molecular weight is 235 g/mol. The fraction of sp³-hybridized carbons (Fsp3) is 0.273. The lowest BCUT2D eigenvalue weighted by molar-refractivity contribution is -0.139. The van der Waals surface area contributed by atoms with Crippen LogP contribution in [0.5, 0.6) is 0 Å². The van der Waals surface area contributed by atoms with Crippen molar-refractivity contribution in [3.63, 3.8) is 0 Å². The third-order valence-electron chi connectivity index (χ3n) is 2.67. The SMILES string of the molecule is CNC(c1ccc2ncoc2c1)C(N)C(=O)O. The molecule has 17 heavy (non-hydrogen) atoms. The van der Waals surface area contributed by atoms with Crippen LogP contribution >= 0.6 is 0 Å². The normalized spacial score (nSPS) is 14.7. The molecule has 0 amide bonds. The van der Waals surface area contributed by atoms with Gasteiger partial charge in [-0.05, 0) is 24.7 Å². The summed E-state index contributed by atoms with van der Waals surface area (Å²) in [7, 11) is 1.66. The van der Waals surface area contributed by atoms with Gasteiger partial charge in [-0.3, -0.25) is 4.79 Å². The zero-order valence-corrected chi connectivity index (χ0v) is 9.25.